The highest BCUT2D eigenvalue weighted by Crippen LogP contribution is 3.26. The molecule has 0 N–H and O–H groups in total. The molecule has 0 heterocycles. The normalized spacial score (nSPS) is 105. The van der Waals surface area contributed by atoms with Gasteiger partial charge < -0.3 is 0 Å². The molecule has 0 bridgehead atoms. The SMILES string of the molecule is CC1C2C3C4C5CC6CC7C8C9C%10C(C)C1(C)C2%10C39C48C657. The lowest BCUT2D eigenvalue weighted by Crippen LogP contribution is -3.23. The third-order valence-electron chi connectivity index (χ3n) is 14.5. The maximum absolute atomic E-state index is 2.75. The van der Waals surface area contributed by atoms with Crippen LogP contribution in [0.15, 0.2) is 0 Å². The lowest BCUT2D eigenvalue weighted by Gasteiger charge is -3.26. The van der Waals surface area contributed by atoms with Crippen LogP contribution in [0.3, 0.4) is 0 Å². The van der Waals surface area contributed by atoms with E-state index in [2.05, 4.69) is 20.8 Å². The summed E-state index contributed by atoms with van der Waals surface area (Å²) in [6.07, 6.45) is 3.39. The minimum atomic E-state index is 0.801. The second kappa shape index (κ2) is 1.71. The summed E-state index contributed by atoms with van der Waals surface area (Å²) in [5, 5.41) is 0. The molecule has 0 heteroatoms. The number of hydrogen-bond acceptors (Lipinski definition) is 0. The van der Waals surface area contributed by atoms with E-state index in [1.54, 1.807) is 12.8 Å². The van der Waals surface area contributed by atoms with Crippen molar-refractivity contribution in [3.05, 3.63) is 0 Å². The Hall–Kier alpha value is 0. The third-order valence-corrected chi connectivity index (χ3v) is 14.5. The smallest absolute Gasteiger partial charge is 0.00936 e. The molecule has 21 heavy (non-hydrogen) atoms. The first kappa shape index (κ1) is 9.33. The second-order valence-corrected chi connectivity index (χ2v) is 11.9. The molecule has 10 aliphatic rings. The van der Waals surface area contributed by atoms with E-state index in [1.807, 2.05) is 0 Å². The lowest BCUT2D eigenvalue weighted by atomic mass is 8.78. The molecule has 10 aliphatic carbocycles. The van der Waals surface area contributed by atoms with Crippen molar-refractivity contribution >= 4 is 0 Å². The average molecular weight is 276 g/mol. The van der Waals surface area contributed by atoms with E-state index in [0.717, 1.165) is 38.9 Å². The first-order valence-corrected chi connectivity index (χ1v) is 10.1. The lowest BCUT2D eigenvalue weighted by molar-refractivity contribution is -0.800. The summed E-state index contributed by atoms with van der Waals surface area (Å²) in [5.74, 6) is 13.6. The van der Waals surface area contributed by atoms with E-state index in [4.69, 9.17) is 0 Å². The van der Waals surface area contributed by atoms with E-state index in [0.29, 0.717) is 0 Å². The first-order chi connectivity index (χ1) is 10.1. The van der Waals surface area contributed by atoms with Crippen LogP contribution in [0.25, 0.3) is 0 Å². The molecule has 0 aromatic carbocycles. The largest absolute Gasteiger partial charge is 0.0617 e. The zero-order valence-corrected chi connectivity index (χ0v) is 13.3. The molecule has 0 aromatic rings. The van der Waals surface area contributed by atoms with E-state index in [9.17, 15) is 0 Å². The van der Waals surface area contributed by atoms with Crippen molar-refractivity contribution in [3.8, 4) is 0 Å². The fourth-order valence-corrected chi connectivity index (χ4v) is 15.6. The van der Waals surface area contributed by atoms with Crippen molar-refractivity contribution in [2.75, 3.05) is 0 Å². The van der Waals surface area contributed by atoms with Gasteiger partial charge in [0, 0.05) is 0 Å². The van der Waals surface area contributed by atoms with Crippen LogP contribution < -0.4 is 0 Å². The minimum Gasteiger partial charge on any atom is -0.0617 e. The molecule has 0 amide bonds. The van der Waals surface area contributed by atoms with Gasteiger partial charge in [-0.25, -0.2) is 0 Å². The van der Waals surface area contributed by atoms with Crippen LogP contribution in [-0.2, 0) is 0 Å². The molecule has 0 aliphatic heterocycles. The van der Waals surface area contributed by atoms with Crippen LogP contribution >= 0.6 is 0 Å². The summed E-state index contributed by atoms with van der Waals surface area (Å²) in [6.45, 7) is 8.07. The van der Waals surface area contributed by atoms with Crippen molar-refractivity contribution in [1.82, 2.24) is 0 Å². The summed E-state index contributed by atoms with van der Waals surface area (Å²) in [5.41, 5.74) is 4.86. The number of hydrogen-bond donors (Lipinski definition) is 0. The van der Waals surface area contributed by atoms with Crippen LogP contribution in [0.5, 0.6) is 0 Å². The van der Waals surface area contributed by atoms with Gasteiger partial charge in [-0.3, -0.25) is 0 Å². The van der Waals surface area contributed by atoms with Gasteiger partial charge in [0.25, 0.3) is 0 Å². The van der Waals surface area contributed by atoms with Gasteiger partial charge in [-0.1, -0.05) is 20.8 Å². The van der Waals surface area contributed by atoms with Crippen LogP contribution in [0.1, 0.15) is 33.6 Å². The Morgan fingerprint density at radius 2 is 1.24 bits per heavy atom. The van der Waals surface area contributed by atoms with E-state index < -0.39 is 0 Å². The van der Waals surface area contributed by atoms with Crippen molar-refractivity contribution in [3.63, 3.8) is 0 Å². The zero-order valence-electron chi connectivity index (χ0n) is 13.3. The fraction of sp³-hybridized carbons (Fsp3) is 1.00. The minimum absolute atomic E-state index is 0.801. The fourth-order valence-electron chi connectivity index (χ4n) is 15.6. The van der Waals surface area contributed by atoms with E-state index in [1.165, 1.54) is 53.3 Å². The predicted molar refractivity (Wildman–Crippen MR) is 76.8 cm³/mol. The molecular weight excluding hydrogens is 252 g/mol. The molecule has 10 rings (SSSR count). The molecule has 10 unspecified atom stereocenters. The van der Waals surface area contributed by atoms with Gasteiger partial charge in [0.05, 0.1) is 0 Å². The van der Waals surface area contributed by atoms with Crippen LogP contribution in [0.2, 0.25) is 0 Å². The Morgan fingerprint density at radius 1 is 0.667 bits per heavy atom. The van der Waals surface area contributed by atoms with Crippen molar-refractivity contribution in [1.29, 1.82) is 0 Å². The van der Waals surface area contributed by atoms with Crippen molar-refractivity contribution < 1.29 is 0 Å². The van der Waals surface area contributed by atoms with Crippen LogP contribution in [-0.4, -0.2) is 0 Å². The molecule has 0 saturated heterocycles. The molecule has 0 radical (unpaired) electrons. The van der Waals surface area contributed by atoms with Gasteiger partial charge in [-0.2, -0.15) is 0 Å². The highest BCUT2D eigenvalue weighted by molar-refractivity contribution is 5.69. The highest BCUT2D eigenvalue weighted by atomic mass is 15.3. The van der Waals surface area contributed by atoms with Gasteiger partial charge in [-0.15, -0.1) is 0 Å². The molecule has 4 spiro atoms. The topological polar surface area (TPSA) is 0 Å². The van der Waals surface area contributed by atoms with Gasteiger partial charge in [0.1, 0.15) is 0 Å². The first-order valence-electron chi connectivity index (χ1n) is 10.1. The molecule has 108 valence electrons. The molecule has 10 atom stereocenters. The molecule has 0 nitrogen and oxygen atoms in total. The van der Waals surface area contributed by atoms with Gasteiger partial charge in [0.2, 0.25) is 0 Å². The maximum atomic E-state index is 2.75. The Kier molecular flexibility index (Phi) is 0.760. The van der Waals surface area contributed by atoms with Gasteiger partial charge >= 0.3 is 0 Å². The standard InChI is InChI=1S/C21H24/c1-6-11-15-13-9-4-8-5-10-14-16-12-7(2)17(6,3)19(11,12)21(15,16)20(13,14)18(8,9)10/h6-16H,4-5H2,1-3H3. The predicted octanol–water partition coefficient (Wildman–Crippen LogP) is 3.67. The third kappa shape index (κ3) is 0.321. The summed E-state index contributed by atoms with van der Waals surface area (Å²) in [4.78, 5) is 0. The summed E-state index contributed by atoms with van der Waals surface area (Å²) in [6, 6.07) is 0. The summed E-state index contributed by atoms with van der Waals surface area (Å²) >= 11 is 0. The Morgan fingerprint density at radius 3 is 1.76 bits per heavy atom. The number of rotatable bonds is 0. The van der Waals surface area contributed by atoms with Crippen LogP contribution in [0, 0.1) is 92.2 Å². The maximum Gasteiger partial charge on any atom is -0.00936 e. The highest BCUT2D eigenvalue weighted by Gasteiger charge is 3.23. The average Bonchev–Trinajstić information content (AvgIpc) is 2.39. The monoisotopic (exact) mass is 276 g/mol. The van der Waals surface area contributed by atoms with E-state index in [-0.39, 0.29) is 0 Å². The molecule has 10 fully saturated rings. The van der Waals surface area contributed by atoms with Crippen LogP contribution in [0.4, 0.5) is 0 Å². The summed E-state index contributed by atoms with van der Waals surface area (Å²) < 4.78 is 0. The molecule has 10 saturated carbocycles. The van der Waals surface area contributed by atoms with E-state index >= 15 is 0 Å². The Labute approximate surface area is 126 Å². The van der Waals surface area contributed by atoms with Gasteiger partial charge in [-0.05, 0) is 105 Å². The van der Waals surface area contributed by atoms with Crippen molar-refractivity contribution in [2.45, 2.75) is 33.6 Å². The zero-order chi connectivity index (χ0) is 13.3. The Bertz CT molecular complexity index is 687. The quantitative estimate of drug-likeness (QED) is 0.633. The number of fused-ring (bicyclic) bond motifs is 6. The molecule has 0 aromatic heterocycles. The molecular formula is C21H24. The van der Waals surface area contributed by atoms with Gasteiger partial charge in [0.15, 0.2) is 0 Å². The second-order valence-electron chi connectivity index (χ2n) is 11.9. The Balaban J connectivity index is 1.31. The van der Waals surface area contributed by atoms with Crippen molar-refractivity contribution in [2.24, 2.45) is 92.2 Å². The summed E-state index contributed by atoms with van der Waals surface area (Å²) in [7, 11) is 0.